The van der Waals surface area contributed by atoms with E-state index in [1.165, 1.54) is 23.2 Å². The molecule has 3 aromatic rings. The molecule has 0 spiro atoms. The molecule has 1 aromatic heterocycles. The standard InChI is InChI=1S/C26H26ClFN8O/c1-34-12-9-18(10-13-34)31-16-5-7-17(8-6-16)32-25-30-15-19-23(33-25)35-14-11-29-26(35)36(24(19)37)22-20(27)3-2-4-21(22)28/h2-8,15,18,31H,9-14H2,1H3,(H,30,32,33). The molecule has 0 saturated carbocycles. The average molecular weight is 521 g/mol. The van der Waals surface area contributed by atoms with E-state index in [9.17, 15) is 9.18 Å². The number of nitrogens with one attached hydrogen (secondary N) is 2. The van der Waals surface area contributed by atoms with Crippen LogP contribution in [0.5, 0.6) is 0 Å². The molecule has 190 valence electrons. The van der Waals surface area contributed by atoms with E-state index in [-0.39, 0.29) is 16.3 Å². The largest absolute Gasteiger partial charge is 0.382 e. The number of guanidine groups is 1. The predicted octanol–water partition coefficient (Wildman–Crippen LogP) is 4.36. The summed E-state index contributed by atoms with van der Waals surface area (Å²) in [6.45, 7) is 3.16. The van der Waals surface area contributed by atoms with Crippen molar-refractivity contribution in [2.75, 3.05) is 53.7 Å². The van der Waals surface area contributed by atoms with Crippen LogP contribution in [0.1, 0.15) is 23.2 Å². The van der Waals surface area contributed by atoms with Gasteiger partial charge in [-0.3, -0.25) is 14.7 Å². The topological polar surface area (TPSA) is 89.0 Å². The first-order chi connectivity index (χ1) is 18.0. The van der Waals surface area contributed by atoms with E-state index in [2.05, 4.69) is 37.5 Å². The summed E-state index contributed by atoms with van der Waals surface area (Å²) in [5.74, 6) is 0.00861. The van der Waals surface area contributed by atoms with Crippen molar-refractivity contribution in [3.05, 3.63) is 65.1 Å². The number of nitrogens with zero attached hydrogens (tertiary/aromatic N) is 6. The van der Waals surface area contributed by atoms with E-state index in [0.29, 0.717) is 36.9 Å². The van der Waals surface area contributed by atoms with Gasteiger partial charge in [0, 0.05) is 30.2 Å². The molecule has 3 aliphatic rings. The highest BCUT2D eigenvalue weighted by Gasteiger charge is 2.41. The molecule has 37 heavy (non-hydrogen) atoms. The number of anilines is 5. The first-order valence-corrected chi connectivity index (χ1v) is 12.7. The van der Waals surface area contributed by atoms with E-state index >= 15 is 0 Å². The summed E-state index contributed by atoms with van der Waals surface area (Å²) < 4.78 is 14.7. The van der Waals surface area contributed by atoms with E-state index in [4.69, 9.17) is 11.6 Å². The molecule has 1 amide bonds. The minimum atomic E-state index is -0.605. The molecule has 4 heterocycles. The first kappa shape index (κ1) is 23.6. The Morgan fingerprint density at radius 3 is 2.57 bits per heavy atom. The van der Waals surface area contributed by atoms with Crippen LogP contribution >= 0.6 is 11.6 Å². The average Bonchev–Trinajstić information content (AvgIpc) is 3.38. The zero-order valence-corrected chi connectivity index (χ0v) is 21.0. The van der Waals surface area contributed by atoms with E-state index < -0.39 is 11.7 Å². The molecule has 9 nitrogen and oxygen atoms in total. The van der Waals surface area contributed by atoms with Crippen LogP contribution in [0.25, 0.3) is 0 Å². The van der Waals surface area contributed by atoms with Crippen molar-refractivity contribution in [3.8, 4) is 0 Å². The van der Waals surface area contributed by atoms with Crippen molar-refractivity contribution in [3.63, 3.8) is 0 Å². The molecule has 1 saturated heterocycles. The number of aliphatic imine (C=N–C) groups is 1. The molecule has 11 heteroatoms. The van der Waals surface area contributed by atoms with Crippen molar-refractivity contribution in [2.24, 2.45) is 4.99 Å². The van der Waals surface area contributed by atoms with E-state index in [0.717, 1.165) is 37.3 Å². The van der Waals surface area contributed by atoms with Crippen molar-refractivity contribution in [1.29, 1.82) is 0 Å². The molecule has 0 aliphatic carbocycles. The van der Waals surface area contributed by atoms with Gasteiger partial charge in [-0.1, -0.05) is 17.7 Å². The van der Waals surface area contributed by atoms with Gasteiger partial charge < -0.3 is 15.5 Å². The molecule has 1 fully saturated rings. The van der Waals surface area contributed by atoms with Crippen LogP contribution < -0.4 is 20.4 Å². The van der Waals surface area contributed by atoms with Crippen molar-refractivity contribution < 1.29 is 9.18 Å². The number of hydrogen-bond donors (Lipinski definition) is 2. The number of piperidine rings is 1. The predicted molar refractivity (Wildman–Crippen MR) is 144 cm³/mol. The lowest BCUT2D eigenvalue weighted by Crippen LogP contribution is -2.51. The fourth-order valence-corrected chi connectivity index (χ4v) is 5.15. The number of carbonyl (C=O) groups excluding carboxylic acids is 1. The maximum Gasteiger partial charge on any atom is 0.270 e. The summed E-state index contributed by atoms with van der Waals surface area (Å²) in [5, 5.41) is 6.95. The molecular weight excluding hydrogens is 495 g/mol. The lowest BCUT2D eigenvalue weighted by molar-refractivity contribution is 0.0999. The van der Waals surface area contributed by atoms with Crippen LogP contribution in [0.2, 0.25) is 5.02 Å². The zero-order valence-electron chi connectivity index (χ0n) is 20.3. The highest BCUT2D eigenvalue weighted by molar-refractivity contribution is 6.38. The summed E-state index contributed by atoms with van der Waals surface area (Å²) in [4.78, 5) is 32.2. The summed E-state index contributed by atoms with van der Waals surface area (Å²) in [6.07, 6.45) is 3.71. The van der Waals surface area contributed by atoms with Crippen LogP contribution in [0, 0.1) is 5.82 Å². The van der Waals surface area contributed by atoms with Crippen LogP contribution in [0.3, 0.4) is 0 Å². The minimum absolute atomic E-state index is 0.0263. The number of para-hydroxylation sites is 1. The smallest absolute Gasteiger partial charge is 0.270 e. The lowest BCUT2D eigenvalue weighted by atomic mass is 10.1. The first-order valence-electron chi connectivity index (χ1n) is 12.3. The lowest BCUT2D eigenvalue weighted by Gasteiger charge is -2.35. The van der Waals surface area contributed by atoms with Crippen molar-refractivity contribution >= 4 is 52.3 Å². The van der Waals surface area contributed by atoms with Gasteiger partial charge in [-0.25, -0.2) is 14.3 Å². The van der Waals surface area contributed by atoms with Gasteiger partial charge in [0.15, 0.2) is 5.82 Å². The number of carbonyl (C=O) groups is 1. The molecule has 0 atom stereocenters. The number of likely N-dealkylation sites (tertiary alicyclic amines) is 1. The zero-order chi connectivity index (χ0) is 25.5. The Labute approximate surface area is 219 Å². The number of halogens is 2. The third-order valence-electron chi connectivity index (χ3n) is 6.87. The quantitative estimate of drug-likeness (QED) is 0.517. The number of aromatic nitrogens is 2. The van der Waals surface area contributed by atoms with Crippen molar-refractivity contribution in [2.45, 2.75) is 18.9 Å². The number of amides is 1. The highest BCUT2D eigenvalue weighted by atomic mass is 35.5. The molecule has 0 unspecified atom stereocenters. The molecule has 0 bridgehead atoms. The Morgan fingerprint density at radius 1 is 1.05 bits per heavy atom. The summed E-state index contributed by atoms with van der Waals surface area (Å²) in [5.41, 5.74) is 2.12. The number of hydrogen-bond acceptors (Lipinski definition) is 8. The molecule has 3 aliphatic heterocycles. The Hall–Kier alpha value is -3.76. The van der Waals surface area contributed by atoms with Gasteiger partial charge in [0.1, 0.15) is 17.1 Å². The molecule has 0 radical (unpaired) electrons. The Kier molecular flexibility index (Phi) is 6.13. The number of fused-ring (bicyclic) bond motifs is 3. The number of benzene rings is 2. The van der Waals surface area contributed by atoms with Gasteiger partial charge in [-0.15, -0.1) is 0 Å². The highest BCUT2D eigenvalue weighted by Crippen LogP contribution is 2.37. The maximum absolute atomic E-state index is 14.7. The van der Waals surface area contributed by atoms with Crippen molar-refractivity contribution in [1.82, 2.24) is 14.9 Å². The monoisotopic (exact) mass is 520 g/mol. The van der Waals surface area contributed by atoms with Gasteiger partial charge in [0.2, 0.25) is 11.9 Å². The van der Waals surface area contributed by atoms with Crippen LogP contribution in [-0.2, 0) is 0 Å². The third kappa shape index (κ3) is 4.47. The normalized spacial score (nSPS) is 17.9. The van der Waals surface area contributed by atoms with Crippen LogP contribution in [-0.4, -0.2) is 66.0 Å². The Morgan fingerprint density at radius 2 is 1.81 bits per heavy atom. The van der Waals surface area contributed by atoms with Gasteiger partial charge in [-0.2, -0.15) is 4.98 Å². The minimum Gasteiger partial charge on any atom is -0.382 e. The molecule has 2 aromatic carbocycles. The summed E-state index contributed by atoms with van der Waals surface area (Å²) >= 11 is 6.28. The summed E-state index contributed by atoms with van der Waals surface area (Å²) in [7, 11) is 2.15. The molecule has 2 N–H and O–H groups in total. The maximum atomic E-state index is 14.7. The second kappa shape index (κ2) is 9.60. The second-order valence-corrected chi connectivity index (χ2v) is 9.81. The number of rotatable bonds is 5. The Balaban J connectivity index is 1.22. The van der Waals surface area contributed by atoms with Gasteiger partial charge in [-0.05, 0) is 69.4 Å². The van der Waals surface area contributed by atoms with Crippen LogP contribution in [0.4, 0.5) is 33.2 Å². The second-order valence-electron chi connectivity index (χ2n) is 9.40. The molecular formula is C26H26ClFN8O. The fourth-order valence-electron chi connectivity index (χ4n) is 4.90. The van der Waals surface area contributed by atoms with Gasteiger partial charge >= 0.3 is 0 Å². The molecule has 6 rings (SSSR count). The SMILES string of the molecule is CN1CCC(Nc2ccc(Nc3ncc4c(n3)N3CCN=C3N(c3c(F)cccc3Cl)C4=O)cc2)CC1. The van der Waals surface area contributed by atoms with E-state index in [1.807, 2.05) is 24.3 Å². The van der Waals surface area contributed by atoms with Crippen LogP contribution in [0.15, 0.2) is 53.7 Å². The third-order valence-corrected chi connectivity index (χ3v) is 7.17. The van der Waals surface area contributed by atoms with E-state index in [1.54, 1.807) is 11.0 Å². The summed E-state index contributed by atoms with van der Waals surface area (Å²) in [6, 6.07) is 12.8. The van der Waals surface area contributed by atoms with Gasteiger partial charge in [0.05, 0.1) is 11.6 Å². The Bertz CT molecular complexity index is 1350. The van der Waals surface area contributed by atoms with Gasteiger partial charge in [0.25, 0.3) is 5.91 Å². The fraction of sp³-hybridized carbons (Fsp3) is 0.308.